The molecule has 0 aliphatic carbocycles. The fraction of sp³-hybridized carbons (Fsp3) is 0.824. The van der Waals surface area contributed by atoms with Gasteiger partial charge in [0.2, 0.25) is 23.6 Å². The smallest absolute Gasteiger partial charge is 0.464 e. The number of alkyl halides is 3. The zero-order chi connectivity index (χ0) is 38.5. The molecule has 0 aromatic carbocycles. The number of nitrogens with one attached hydrogen (secondary N) is 5. The maximum absolute atomic E-state index is 14.2. The van der Waals surface area contributed by atoms with Crippen LogP contribution in [0.1, 0.15) is 140 Å². The highest BCUT2D eigenvalue weighted by Crippen LogP contribution is 2.28. The highest BCUT2D eigenvalue weighted by atomic mass is 19.4. The van der Waals surface area contributed by atoms with E-state index in [9.17, 15) is 41.9 Å². The topological polar surface area (TPSA) is 172 Å². The third-order valence-corrected chi connectivity index (χ3v) is 10.5. The second-order valence-corrected chi connectivity index (χ2v) is 12.4. The molecule has 0 saturated carbocycles. The molecular weight excluding hydrogens is 647 g/mol. The largest absolute Gasteiger partial charge is 0.471 e. The lowest BCUT2D eigenvalue weighted by Crippen LogP contribution is -2.72. The second kappa shape index (κ2) is 18.6. The highest BCUT2D eigenvalue weighted by Gasteiger charge is 2.51. The summed E-state index contributed by atoms with van der Waals surface area (Å²) < 4.78 is 44.7. The van der Waals surface area contributed by atoms with Crippen molar-refractivity contribution in [3.63, 3.8) is 0 Å². The van der Waals surface area contributed by atoms with Crippen molar-refractivity contribution < 1.29 is 46.7 Å². The van der Waals surface area contributed by atoms with Gasteiger partial charge in [-0.15, -0.1) is 0 Å². The summed E-state index contributed by atoms with van der Waals surface area (Å²) in [5.74, 6) is -5.85. The minimum Gasteiger partial charge on any atom is -0.464 e. The Morgan fingerprint density at radius 2 is 0.592 bits per heavy atom. The maximum Gasteiger partial charge on any atom is 0.471 e. The first-order chi connectivity index (χ1) is 22.7. The standard InChI is InChI=1S/C34H60F3N5O7/c1-12-29(13-2,24(44)39-31(16-5,17-6)26(46)41-33(20-9,21-10)28(48)49-22-11)38-23(43)30(14-3,15-4)40-25(45)32(18-7,19-8)42-27(47)34(35,36)37/h12-22H2,1-11H3,(H,38,43)(H,39,44)(H,40,45)(H,41,46)(H,42,47). The van der Waals surface area contributed by atoms with E-state index in [0.29, 0.717) is 0 Å². The molecule has 0 radical (unpaired) electrons. The Labute approximate surface area is 289 Å². The third kappa shape index (κ3) is 9.87. The van der Waals surface area contributed by atoms with E-state index >= 15 is 0 Å². The fourth-order valence-corrected chi connectivity index (χ4v) is 5.89. The average molecular weight is 708 g/mol. The van der Waals surface area contributed by atoms with Gasteiger partial charge < -0.3 is 31.3 Å². The van der Waals surface area contributed by atoms with Crippen LogP contribution >= 0.6 is 0 Å². The van der Waals surface area contributed by atoms with Crippen molar-refractivity contribution in [3.8, 4) is 0 Å². The molecule has 0 rings (SSSR count). The molecule has 0 bridgehead atoms. The van der Waals surface area contributed by atoms with Crippen LogP contribution < -0.4 is 26.6 Å². The predicted octanol–water partition coefficient (Wildman–Crippen LogP) is 4.49. The van der Waals surface area contributed by atoms with Crippen LogP contribution in [0.2, 0.25) is 0 Å². The van der Waals surface area contributed by atoms with Crippen molar-refractivity contribution in [2.75, 3.05) is 6.61 Å². The Kier molecular flexibility index (Phi) is 17.3. The van der Waals surface area contributed by atoms with Gasteiger partial charge in [-0.2, -0.15) is 13.2 Å². The first-order valence-corrected chi connectivity index (χ1v) is 17.6. The molecule has 0 aliphatic rings. The Hall–Kier alpha value is -3.39. The number of esters is 1. The Balaban J connectivity index is 6.67. The number of rotatable bonds is 21. The van der Waals surface area contributed by atoms with Crippen molar-refractivity contribution >= 4 is 35.5 Å². The molecule has 0 aliphatic heterocycles. The number of amides is 5. The zero-order valence-electron chi connectivity index (χ0n) is 31.3. The summed E-state index contributed by atoms with van der Waals surface area (Å²) in [5.41, 5.74) is -7.99. The monoisotopic (exact) mass is 707 g/mol. The molecule has 0 aromatic heterocycles. The molecule has 49 heavy (non-hydrogen) atoms. The minimum atomic E-state index is -5.23. The second-order valence-electron chi connectivity index (χ2n) is 12.4. The van der Waals surface area contributed by atoms with Gasteiger partial charge in [-0.05, 0) is 71.1 Å². The highest BCUT2D eigenvalue weighted by molar-refractivity contribution is 6.01. The molecule has 0 fully saturated rings. The molecule has 12 nitrogen and oxygen atoms in total. The van der Waals surface area contributed by atoms with E-state index in [-0.39, 0.29) is 70.8 Å². The first kappa shape index (κ1) is 45.6. The van der Waals surface area contributed by atoms with Crippen LogP contribution in [-0.2, 0) is 33.5 Å². The van der Waals surface area contributed by atoms with Gasteiger partial charge in [0.25, 0.3) is 0 Å². The molecule has 0 atom stereocenters. The van der Waals surface area contributed by atoms with Crippen molar-refractivity contribution in [1.82, 2.24) is 26.6 Å². The average Bonchev–Trinajstić information content (AvgIpc) is 3.08. The number of halogens is 3. The van der Waals surface area contributed by atoms with Gasteiger partial charge in [-0.3, -0.25) is 24.0 Å². The van der Waals surface area contributed by atoms with Crippen LogP contribution in [-0.4, -0.2) is 76.0 Å². The Morgan fingerprint density at radius 3 is 0.776 bits per heavy atom. The summed E-state index contributed by atoms with van der Waals surface area (Å²) in [4.78, 5) is 80.7. The molecule has 0 heterocycles. The van der Waals surface area contributed by atoms with Gasteiger partial charge in [0.05, 0.1) is 6.61 Å². The number of carbonyl (C=O) groups is 6. The summed E-state index contributed by atoms with van der Waals surface area (Å²) in [6, 6.07) is 0. The summed E-state index contributed by atoms with van der Waals surface area (Å²) in [5, 5.41) is 12.9. The first-order valence-electron chi connectivity index (χ1n) is 17.6. The van der Waals surface area contributed by atoms with Crippen LogP contribution in [0.15, 0.2) is 0 Å². The number of ether oxygens (including phenoxy) is 1. The van der Waals surface area contributed by atoms with E-state index in [1.54, 1.807) is 62.3 Å². The molecule has 0 spiro atoms. The van der Waals surface area contributed by atoms with Crippen LogP contribution in [0.5, 0.6) is 0 Å². The van der Waals surface area contributed by atoms with E-state index in [0.717, 1.165) is 0 Å². The van der Waals surface area contributed by atoms with Crippen molar-refractivity contribution in [1.29, 1.82) is 0 Å². The minimum absolute atomic E-state index is 0.00314. The molecule has 0 saturated heterocycles. The zero-order valence-corrected chi connectivity index (χ0v) is 31.3. The van der Waals surface area contributed by atoms with Gasteiger partial charge in [-0.25, -0.2) is 4.79 Å². The lowest BCUT2D eigenvalue weighted by Gasteiger charge is -2.42. The van der Waals surface area contributed by atoms with E-state index in [4.69, 9.17) is 4.74 Å². The summed E-state index contributed by atoms with van der Waals surface area (Å²) in [7, 11) is 0. The maximum atomic E-state index is 14.2. The fourth-order valence-electron chi connectivity index (χ4n) is 5.89. The van der Waals surface area contributed by atoms with Crippen molar-refractivity contribution in [3.05, 3.63) is 0 Å². The lowest BCUT2D eigenvalue weighted by molar-refractivity contribution is -0.176. The number of hydrogen-bond acceptors (Lipinski definition) is 7. The lowest BCUT2D eigenvalue weighted by atomic mass is 9.83. The molecule has 5 N–H and O–H groups in total. The van der Waals surface area contributed by atoms with E-state index in [2.05, 4.69) is 21.3 Å². The summed E-state index contributed by atoms with van der Waals surface area (Å²) in [6.07, 6.45) is -4.66. The van der Waals surface area contributed by atoms with Gasteiger partial charge in [-0.1, -0.05) is 69.2 Å². The van der Waals surface area contributed by atoms with Gasteiger partial charge >= 0.3 is 18.1 Å². The van der Waals surface area contributed by atoms with Gasteiger partial charge in [0.1, 0.15) is 27.7 Å². The van der Waals surface area contributed by atoms with Crippen molar-refractivity contribution in [2.45, 2.75) is 174 Å². The summed E-state index contributed by atoms with van der Waals surface area (Å²) in [6.45, 7) is 18.2. The van der Waals surface area contributed by atoms with E-state index in [1.165, 1.54) is 13.8 Å². The SMILES string of the molecule is CCOC(=O)C(CC)(CC)NC(=O)C(CC)(CC)NC(=O)C(CC)(CC)NC(=O)C(CC)(CC)NC(=O)C(CC)(CC)NC(=O)C(F)(F)F. The molecule has 15 heteroatoms. The number of carbonyl (C=O) groups excluding carboxylic acids is 6. The quantitative estimate of drug-likeness (QED) is 0.109. The van der Waals surface area contributed by atoms with Crippen LogP contribution in [0.25, 0.3) is 0 Å². The molecule has 5 amide bonds. The molecule has 0 aromatic rings. The Bertz CT molecular complexity index is 1160. The van der Waals surface area contributed by atoms with Gasteiger partial charge in [0.15, 0.2) is 0 Å². The molecule has 284 valence electrons. The Morgan fingerprint density at radius 1 is 0.388 bits per heavy atom. The van der Waals surface area contributed by atoms with E-state index in [1.807, 2.05) is 5.32 Å². The normalized spacial score (nSPS) is 12.9. The molecular formula is C34H60F3N5O7. The van der Waals surface area contributed by atoms with Crippen LogP contribution in [0.4, 0.5) is 13.2 Å². The van der Waals surface area contributed by atoms with Gasteiger partial charge in [0, 0.05) is 0 Å². The predicted molar refractivity (Wildman–Crippen MR) is 180 cm³/mol. The van der Waals surface area contributed by atoms with Crippen molar-refractivity contribution in [2.24, 2.45) is 0 Å². The van der Waals surface area contributed by atoms with Crippen LogP contribution in [0, 0.1) is 0 Å². The van der Waals surface area contributed by atoms with Crippen LogP contribution in [0.3, 0.4) is 0 Å². The third-order valence-electron chi connectivity index (χ3n) is 10.5. The van der Waals surface area contributed by atoms with E-state index < -0.39 is 69.4 Å². The molecule has 0 unspecified atom stereocenters. The number of hydrogen-bond donors (Lipinski definition) is 5. The summed E-state index contributed by atoms with van der Waals surface area (Å²) >= 11 is 0.